The molecule has 1 saturated carbocycles. The van der Waals surface area contributed by atoms with Crippen LogP contribution in [-0.4, -0.2) is 6.54 Å². The summed E-state index contributed by atoms with van der Waals surface area (Å²) in [5, 5.41) is 3.06. The van der Waals surface area contributed by atoms with Gasteiger partial charge >= 0.3 is 6.18 Å². The molecule has 1 aromatic rings. The van der Waals surface area contributed by atoms with E-state index in [1.807, 2.05) is 0 Å². The van der Waals surface area contributed by atoms with E-state index in [0.717, 1.165) is 12.6 Å². The lowest BCUT2D eigenvalue weighted by atomic mass is 9.85. The summed E-state index contributed by atoms with van der Waals surface area (Å²) in [6.07, 6.45) is -0.638. The smallest absolute Gasteiger partial charge is 0.385 e. The van der Waals surface area contributed by atoms with Gasteiger partial charge in [-0.3, -0.25) is 0 Å². The summed E-state index contributed by atoms with van der Waals surface area (Å²) in [4.78, 5) is 0. The Kier molecular flexibility index (Phi) is 3.08. The summed E-state index contributed by atoms with van der Waals surface area (Å²) < 4.78 is 37.2. The maximum absolute atomic E-state index is 12.4. The minimum absolute atomic E-state index is 0.557. The van der Waals surface area contributed by atoms with Crippen LogP contribution in [0.25, 0.3) is 0 Å². The van der Waals surface area contributed by atoms with Gasteiger partial charge in [-0.05, 0) is 37.0 Å². The maximum atomic E-state index is 12.4. The predicted molar refractivity (Wildman–Crippen MR) is 57.3 cm³/mol. The number of hydrogen-bond acceptors (Lipinski definition) is 1. The molecule has 1 aliphatic rings. The first-order valence-electron chi connectivity index (χ1n) is 5.47. The molecular formula is C12H14F3N. The first-order chi connectivity index (χ1) is 7.55. The molecule has 0 spiro atoms. The number of hydrogen-bond donors (Lipinski definition) is 1. The van der Waals surface area contributed by atoms with Crippen LogP contribution < -0.4 is 5.32 Å². The third-order valence-electron chi connectivity index (χ3n) is 3.01. The fourth-order valence-electron chi connectivity index (χ4n) is 1.76. The topological polar surface area (TPSA) is 12.0 Å². The van der Waals surface area contributed by atoms with Crippen molar-refractivity contribution in [3.05, 3.63) is 29.8 Å². The van der Waals surface area contributed by atoms with Crippen LogP contribution in [-0.2, 0) is 6.18 Å². The lowest BCUT2D eigenvalue weighted by molar-refractivity contribution is -0.137. The highest BCUT2D eigenvalue weighted by molar-refractivity contribution is 5.46. The summed E-state index contributed by atoms with van der Waals surface area (Å²) in [5.41, 5.74) is -0.0344. The van der Waals surface area contributed by atoms with E-state index in [9.17, 15) is 13.2 Å². The van der Waals surface area contributed by atoms with Gasteiger partial charge < -0.3 is 5.32 Å². The van der Waals surface area contributed by atoms with Gasteiger partial charge in [0.2, 0.25) is 0 Å². The molecule has 0 aromatic heterocycles. The number of alkyl halides is 3. The molecule has 0 amide bonds. The number of benzene rings is 1. The maximum Gasteiger partial charge on any atom is 0.416 e. The largest absolute Gasteiger partial charge is 0.416 e. The van der Waals surface area contributed by atoms with Crippen LogP contribution >= 0.6 is 0 Å². The molecule has 0 atom stereocenters. The first kappa shape index (κ1) is 11.3. The number of anilines is 1. The molecule has 2 rings (SSSR count). The molecule has 16 heavy (non-hydrogen) atoms. The van der Waals surface area contributed by atoms with Crippen LogP contribution in [0.2, 0.25) is 0 Å². The van der Waals surface area contributed by atoms with Crippen molar-refractivity contribution in [3.8, 4) is 0 Å². The van der Waals surface area contributed by atoms with E-state index in [0.29, 0.717) is 11.6 Å². The summed E-state index contributed by atoms with van der Waals surface area (Å²) >= 11 is 0. The van der Waals surface area contributed by atoms with Crippen molar-refractivity contribution in [2.45, 2.75) is 25.4 Å². The zero-order chi connectivity index (χ0) is 11.6. The summed E-state index contributed by atoms with van der Waals surface area (Å²) in [6.45, 7) is 0.779. The summed E-state index contributed by atoms with van der Waals surface area (Å²) in [6, 6.07) is 5.37. The monoisotopic (exact) mass is 229 g/mol. The molecule has 1 fully saturated rings. The van der Waals surface area contributed by atoms with Crippen molar-refractivity contribution in [1.29, 1.82) is 0 Å². The van der Waals surface area contributed by atoms with Gasteiger partial charge in [0, 0.05) is 12.2 Å². The zero-order valence-corrected chi connectivity index (χ0v) is 8.85. The normalized spacial score (nSPS) is 16.9. The van der Waals surface area contributed by atoms with Crippen molar-refractivity contribution in [1.82, 2.24) is 0 Å². The highest BCUT2D eigenvalue weighted by Crippen LogP contribution is 2.31. The Balaban J connectivity index is 1.98. The predicted octanol–water partition coefficient (Wildman–Crippen LogP) is 3.92. The van der Waals surface area contributed by atoms with E-state index in [2.05, 4.69) is 5.32 Å². The zero-order valence-electron chi connectivity index (χ0n) is 8.85. The third kappa shape index (κ3) is 2.68. The first-order valence-corrected chi connectivity index (χ1v) is 5.47. The molecule has 1 nitrogen and oxygen atoms in total. The average Bonchev–Trinajstić information content (AvgIpc) is 2.14. The number of nitrogens with one attached hydrogen (secondary N) is 1. The van der Waals surface area contributed by atoms with Gasteiger partial charge in [0.1, 0.15) is 0 Å². The minimum atomic E-state index is -4.26. The van der Waals surface area contributed by atoms with Crippen LogP contribution in [0.15, 0.2) is 24.3 Å². The van der Waals surface area contributed by atoms with E-state index in [1.54, 1.807) is 6.07 Å². The summed E-state index contributed by atoms with van der Waals surface area (Å²) in [7, 11) is 0. The van der Waals surface area contributed by atoms with Crippen molar-refractivity contribution in [2.75, 3.05) is 11.9 Å². The number of rotatable bonds is 3. The fraction of sp³-hybridized carbons (Fsp3) is 0.500. The highest BCUT2D eigenvalue weighted by atomic mass is 19.4. The second-order valence-corrected chi connectivity index (χ2v) is 4.26. The SMILES string of the molecule is FC(F)(F)c1cccc(NCC2CCC2)c1. The van der Waals surface area contributed by atoms with Crippen LogP contribution in [0, 0.1) is 5.92 Å². The van der Waals surface area contributed by atoms with Gasteiger partial charge in [0.15, 0.2) is 0 Å². The fourth-order valence-corrected chi connectivity index (χ4v) is 1.76. The lowest BCUT2D eigenvalue weighted by Crippen LogP contribution is -2.21. The third-order valence-corrected chi connectivity index (χ3v) is 3.01. The summed E-state index contributed by atoms with van der Waals surface area (Å²) in [5.74, 6) is 0.634. The molecule has 0 radical (unpaired) electrons. The lowest BCUT2D eigenvalue weighted by Gasteiger charge is -2.26. The minimum Gasteiger partial charge on any atom is -0.385 e. The van der Waals surface area contributed by atoms with Crippen LogP contribution in [0.4, 0.5) is 18.9 Å². The van der Waals surface area contributed by atoms with Gasteiger partial charge in [0.05, 0.1) is 5.56 Å². The molecule has 1 aliphatic carbocycles. The van der Waals surface area contributed by atoms with Gasteiger partial charge in [-0.2, -0.15) is 13.2 Å². The molecule has 1 N–H and O–H groups in total. The second-order valence-electron chi connectivity index (χ2n) is 4.26. The standard InChI is InChI=1S/C12H14F3N/c13-12(14,15)10-5-2-6-11(7-10)16-8-9-3-1-4-9/h2,5-7,9,16H,1,3-4,8H2. The number of halogens is 3. The quantitative estimate of drug-likeness (QED) is 0.828. The molecule has 0 heterocycles. The highest BCUT2D eigenvalue weighted by Gasteiger charge is 2.30. The Bertz CT molecular complexity index is 356. The van der Waals surface area contributed by atoms with Crippen LogP contribution in [0.3, 0.4) is 0 Å². The second kappa shape index (κ2) is 4.36. The van der Waals surface area contributed by atoms with E-state index < -0.39 is 11.7 Å². The van der Waals surface area contributed by atoms with Crippen LogP contribution in [0.1, 0.15) is 24.8 Å². The Morgan fingerprint density at radius 1 is 1.25 bits per heavy atom. The van der Waals surface area contributed by atoms with E-state index in [4.69, 9.17) is 0 Å². The molecule has 88 valence electrons. The van der Waals surface area contributed by atoms with Crippen molar-refractivity contribution in [3.63, 3.8) is 0 Å². The molecule has 1 aromatic carbocycles. The molecule has 4 heteroatoms. The van der Waals surface area contributed by atoms with E-state index in [-0.39, 0.29) is 0 Å². The molecule has 0 saturated heterocycles. The van der Waals surface area contributed by atoms with Gasteiger partial charge in [-0.25, -0.2) is 0 Å². The Morgan fingerprint density at radius 2 is 2.00 bits per heavy atom. The van der Waals surface area contributed by atoms with Crippen molar-refractivity contribution in [2.24, 2.45) is 5.92 Å². The van der Waals surface area contributed by atoms with E-state index in [1.165, 1.54) is 31.4 Å². The molecule has 0 aliphatic heterocycles. The van der Waals surface area contributed by atoms with Crippen molar-refractivity contribution < 1.29 is 13.2 Å². The molecule has 0 bridgehead atoms. The van der Waals surface area contributed by atoms with Crippen molar-refractivity contribution >= 4 is 5.69 Å². The Labute approximate surface area is 92.7 Å². The van der Waals surface area contributed by atoms with Crippen LogP contribution in [0.5, 0.6) is 0 Å². The van der Waals surface area contributed by atoms with Gasteiger partial charge in [-0.1, -0.05) is 12.5 Å². The molecular weight excluding hydrogens is 215 g/mol. The molecule has 0 unspecified atom stereocenters. The average molecular weight is 229 g/mol. The van der Waals surface area contributed by atoms with E-state index >= 15 is 0 Å². The van der Waals surface area contributed by atoms with Gasteiger partial charge in [-0.15, -0.1) is 0 Å². The van der Waals surface area contributed by atoms with Gasteiger partial charge in [0.25, 0.3) is 0 Å². The Hall–Kier alpha value is -1.19. The Morgan fingerprint density at radius 3 is 2.56 bits per heavy atom.